The van der Waals surface area contributed by atoms with Gasteiger partial charge in [-0.1, -0.05) is 53.5 Å². The highest BCUT2D eigenvalue weighted by atomic mass is 35.5. The molecule has 1 aliphatic heterocycles. The molecule has 2 N–H and O–H groups in total. The number of phosphoric acid groups is 1. The Morgan fingerprint density at radius 1 is 1.12 bits per heavy atom. The molecule has 1 fully saturated rings. The number of aliphatic hydroxyl groups excluding tert-OH is 1. The van der Waals surface area contributed by atoms with Crippen molar-refractivity contribution < 1.29 is 28.0 Å². The summed E-state index contributed by atoms with van der Waals surface area (Å²) in [6.07, 6.45) is 1.84. The molecular formula is C28H27Cl2N4O8P. The molecule has 226 valence electrons. The van der Waals surface area contributed by atoms with Crippen LogP contribution in [0.5, 0.6) is 5.75 Å². The number of hydrogen-bond acceptors (Lipinski definition) is 10. The lowest BCUT2D eigenvalue weighted by Crippen LogP contribution is -2.33. The second-order valence-corrected chi connectivity index (χ2v) is 12.0. The summed E-state index contributed by atoms with van der Waals surface area (Å²) in [4.78, 5) is 35.2. The fourth-order valence-electron chi connectivity index (χ4n) is 4.37. The molecule has 3 heterocycles. The lowest BCUT2D eigenvalue weighted by molar-refractivity contribution is -0.0460. The Hall–Kier alpha value is -3.35. The van der Waals surface area contributed by atoms with Gasteiger partial charge in [0.25, 0.3) is 5.56 Å². The van der Waals surface area contributed by atoms with Gasteiger partial charge in [0, 0.05) is 53.6 Å². The van der Waals surface area contributed by atoms with Gasteiger partial charge in [0.05, 0.1) is 18.2 Å². The predicted molar refractivity (Wildman–Crippen MR) is 158 cm³/mol. The molecule has 2 aromatic heterocycles. The molecule has 43 heavy (non-hydrogen) atoms. The standard InChI is InChI=1S/C28H27Cl2N4O8P/c1-17-15-34(28(37)33-27(17)36)26-12-23(24(16-35)40-26)42-43(38,41-22-11-20(29)7-8-21(22)30)39-10-9-25-31-13-19(14-32-25)18-5-3-2-4-6-18/h2-8,11,13-15,23-24,26,35H,9-10,12,16H2,1H3,(H,33,36,37)/t23-,24+,26+,43?/m0/s1. The number of aromatic amines is 1. The van der Waals surface area contributed by atoms with Crippen LogP contribution in [0.25, 0.3) is 11.1 Å². The molecule has 2 aromatic carbocycles. The van der Waals surface area contributed by atoms with E-state index in [-0.39, 0.29) is 40.8 Å². The summed E-state index contributed by atoms with van der Waals surface area (Å²) >= 11 is 12.3. The van der Waals surface area contributed by atoms with E-state index in [0.717, 1.165) is 11.1 Å². The molecule has 0 amide bonds. The minimum atomic E-state index is -4.46. The number of benzene rings is 2. The molecule has 1 aliphatic rings. The van der Waals surface area contributed by atoms with Crippen LogP contribution >= 0.6 is 31.0 Å². The topological polar surface area (TPSA) is 155 Å². The Morgan fingerprint density at radius 2 is 1.86 bits per heavy atom. The van der Waals surface area contributed by atoms with Crippen LogP contribution in [0.4, 0.5) is 0 Å². The van der Waals surface area contributed by atoms with Crippen LogP contribution in [0.2, 0.25) is 10.0 Å². The molecule has 4 aromatic rings. The van der Waals surface area contributed by atoms with Gasteiger partial charge in [-0.3, -0.25) is 23.4 Å². The molecule has 1 unspecified atom stereocenters. The van der Waals surface area contributed by atoms with Crippen LogP contribution in [0.3, 0.4) is 0 Å². The zero-order valence-electron chi connectivity index (χ0n) is 22.8. The highest BCUT2D eigenvalue weighted by Gasteiger charge is 2.44. The van der Waals surface area contributed by atoms with Crippen molar-refractivity contribution in [2.45, 2.75) is 38.2 Å². The molecule has 1 saturated heterocycles. The summed E-state index contributed by atoms with van der Waals surface area (Å²) in [7, 11) is -4.46. The first-order valence-electron chi connectivity index (χ1n) is 13.2. The average molecular weight is 649 g/mol. The van der Waals surface area contributed by atoms with E-state index in [0.29, 0.717) is 5.82 Å². The Bertz CT molecular complexity index is 1740. The van der Waals surface area contributed by atoms with Gasteiger partial charge in [0.1, 0.15) is 24.3 Å². The zero-order chi connectivity index (χ0) is 30.6. The van der Waals surface area contributed by atoms with Crippen molar-refractivity contribution in [3.05, 3.63) is 109 Å². The third kappa shape index (κ3) is 7.60. The van der Waals surface area contributed by atoms with E-state index in [1.165, 1.54) is 35.9 Å². The molecular weight excluding hydrogens is 622 g/mol. The number of halogens is 2. The van der Waals surface area contributed by atoms with E-state index in [4.69, 9.17) is 41.5 Å². The van der Waals surface area contributed by atoms with E-state index in [9.17, 15) is 19.3 Å². The zero-order valence-corrected chi connectivity index (χ0v) is 25.2. The van der Waals surface area contributed by atoms with Crippen molar-refractivity contribution in [3.8, 4) is 16.9 Å². The van der Waals surface area contributed by atoms with Crippen molar-refractivity contribution in [3.63, 3.8) is 0 Å². The third-order valence-electron chi connectivity index (χ3n) is 6.57. The summed E-state index contributed by atoms with van der Waals surface area (Å²) in [6.45, 7) is 0.835. The van der Waals surface area contributed by atoms with Crippen LogP contribution in [0.15, 0.2) is 76.7 Å². The first-order chi connectivity index (χ1) is 20.6. The van der Waals surface area contributed by atoms with Crippen molar-refractivity contribution >= 4 is 31.0 Å². The summed E-state index contributed by atoms with van der Waals surface area (Å²) in [6, 6.07) is 14.0. The molecule has 4 atom stereocenters. The maximum Gasteiger partial charge on any atom is 0.530 e. The lowest BCUT2D eigenvalue weighted by Gasteiger charge is -2.24. The fraction of sp³-hybridized carbons (Fsp3) is 0.286. The molecule has 12 nitrogen and oxygen atoms in total. The van der Waals surface area contributed by atoms with Gasteiger partial charge in [-0.15, -0.1) is 0 Å². The first-order valence-corrected chi connectivity index (χ1v) is 15.4. The number of ether oxygens (including phenoxy) is 1. The maximum atomic E-state index is 14.0. The van der Waals surface area contributed by atoms with Gasteiger partial charge in [-0.05, 0) is 24.6 Å². The number of phosphoric ester groups is 1. The van der Waals surface area contributed by atoms with Crippen LogP contribution < -0.4 is 15.8 Å². The molecule has 15 heteroatoms. The van der Waals surface area contributed by atoms with Crippen LogP contribution in [-0.2, 0) is 24.8 Å². The fourth-order valence-corrected chi connectivity index (χ4v) is 6.16. The summed E-state index contributed by atoms with van der Waals surface area (Å²) < 4.78 is 38.2. The van der Waals surface area contributed by atoms with Crippen molar-refractivity contribution in [2.75, 3.05) is 13.2 Å². The highest BCUT2D eigenvalue weighted by molar-refractivity contribution is 7.49. The van der Waals surface area contributed by atoms with Gasteiger partial charge in [0.2, 0.25) is 0 Å². The molecule has 0 aliphatic carbocycles. The SMILES string of the molecule is Cc1cn([C@H]2C[C@H](OP(=O)(OCCc3ncc(-c4ccccc4)cn3)Oc3cc(Cl)ccc3Cl)[C@@H](CO)O2)c(=O)[nH]c1=O. The van der Waals surface area contributed by atoms with Crippen LogP contribution in [0, 0.1) is 6.92 Å². The highest BCUT2D eigenvalue weighted by Crippen LogP contribution is 2.54. The van der Waals surface area contributed by atoms with Crippen LogP contribution in [0.1, 0.15) is 24.0 Å². The lowest BCUT2D eigenvalue weighted by atomic mass is 10.1. The monoisotopic (exact) mass is 648 g/mol. The minimum Gasteiger partial charge on any atom is -0.402 e. The minimum absolute atomic E-state index is 0.0271. The number of nitrogens with zero attached hydrogens (tertiary/aromatic N) is 3. The Morgan fingerprint density at radius 3 is 2.58 bits per heavy atom. The second-order valence-electron chi connectivity index (χ2n) is 9.62. The Balaban J connectivity index is 1.34. The summed E-state index contributed by atoms with van der Waals surface area (Å²) in [5, 5.41) is 10.4. The van der Waals surface area contributed by atoms with E-state index in [1.54, 1.807) is 12.4 Å². The van der Waals surface area contributed by atoms with E-state index in [2.05, 4.69) is 15.0 Å². The number of aryl methyl sites for hydroxylation is 1. The van der Waals surface area contributed by atoms with Gasteiger partial charge in [-0.2, -0.15) is 0 Å². The predicted octanol–water partition coefficient (Wildman–Crippen LogP) is 4.72. The number of nitrogens with one attached hydrogen (secondary N) is 1. The smallest absolute Gasteiger partial charge is 0.402 e. The number of hydrogen-bond donors (Lipinski definition) is 2. The van der Waals surface area contributed by atoms with E-state index in [1.807, 2.05) is 30.3 Å². The number of aromatic nitrogens is 4. The summed E-state index contributed by atoms with van der Waals surface area (Å²) in [5.74, 6) is 0.377. The second kappa shape index (κ2) is 13.5. The quantitative estimate of drug-likeness (QED) is 0.218. The number of aliphatic hydroxyl groups is 1. The largest absolute Gasteiger partial charge is 0.530 e. The molecule has 0 bridgehead atoms. The molecule has 0 saturated carbocycles. The molecule has 5 rings (SSSR count). The Kier molecular flexibility index (Phi) is 9.78. The van der Waals surface area contributed by atoms with Crippen LogP contribution in [-0.4, -0.2) is 50.0 Å². The van der Waals surface area contributed by atoms with Gasteiger partial charge < -0.3 is 14.4 Å². The molecule has 0 radical (unpaired) electrons. The molecule has 0 spiro atoms. The van der Waals surface area contributed by atoms with Crippen molar-refractivity contribution in [1.82, 2.24) is 19.5 Å². The van der Waals surface area contributed by atoms with Gasteiger partial charge >= 0.3 is 13.5 Å². The third-order valence-corrected chi connectivity index (χ3v) is 8.57. The van der Waals surface area contributed by atoms with E-state index >= 15 is 0 Å². The van der Waals surface area contributed by atoms with E-state index < -0.39 is 44.1 Å². The Labute approximate surface area is 255 Å². The number of H-pyrrole nitrogens is 1. The van der Waals surface area contributed by atoms with Crippen molar-refractivity contribution in [1.29, 1.82) is 0 Å². The first kappa shape index (κ1) is 31.1. The van der Waals surface area contributed by atoms with Gasteiger partial charge in [0.15, 0.2) is 5.75 Å². The normalized spacial score (nSPS) is 19.7. The number of rotatable bonds is 11. The summed E-state index contributed by atoms with van der Waals surface area (Å²) in [5.41, 5.74) is 0.831. The van der Waals surface area contributed by atoms with Gasteiger partial charge in [-0.25, -0.2) is 19.3 Å². The average Bonchev–Trinajstić information content (AvgIpc) is 3.39. The maximum absolute atomic E-state index is 14.0. The van der Waals surface area contributed by atoms with Crippen molar-refractivity contribution in [2.24, 2.45) is 0 Å².